The highest BCUT2D eigenvalue weighted by molar-refractivity contribution is 7.10. The maximum Gasteiger partial charge on any atom is 0.331 e. The number of rotatable bonds is 5. The van der Waals surface area contributed by atoms with Gasteiger partial charge in [-0.15, -0.1) is 11.3 Å². The van der Waals surface area contributed by atoms with Crippen molar-refractivity contribution < 1.29 is 9.90 Å². The minimum Gasteiger partial charge on any atom is -0.479 e. The second-order valence-corrected chi connectivity index (χ2v) is 5.77. The summed E-state index contributed by atoms with van der Waals surface area (Å²) in [5, 5.41) is 14.5. The first-order valence-corrected chi connectivity index (χ1v) is 7.09. The van der Waals surface area contributed by atoms with Gasteiger partial charge in [0.15, 0.2) is 6.04 Å². The van der Waals surface area contributed by atoms with Crippen molar-refractivity contribution in [1.82, 2.24) is 9.36 Å². The van der Waals surface area contributed by atoms with Crippen molar-refractivity contribution in [2.24, 2.45) is 0 Å². The maximum atomic E-state index is 11.2. The number of carbonyl (C=O) groups is 1. The quantitative estimate of drug-likeness (QED) is 0.882. The molecule has 0 fully saturated rings. The largest absolute Gasteiger partial charge is 0.479 e. The van der Waals surface area contributed by atoms with Crippen LogP contribution in [-0.4, -0.2) is 20.4 Å². The van der Waals surface area contributed by atoms with Crippen molar-refractivity contribution >= 4 is 34.0 Å². The number of hydrogen-bond donors (Lipinski definition) is 2. The third-order valence-electron chi connectivity index (χ3n) is 2.30. The Morgan fingerprint density at radius 3 is 2.78 bits per heavy atom. The lowest BCUT2D eigenvalue weighted by Crippen LogP contribution is -2.19. The summed E-state index contributed by atoms with van der Waals surface area (Å²) in [5.74, 6) is 0.0541. The van der Waals surface area contributed by atoms with Gasteiger partial charge in [-0.05, 0) is 11.4 Å². The zero-order chi connectivity index (χ0) is 13.1. The number of nitrogens with zero attached hydrogens (tertiary/aromatic N) is 2. The fraction of sp³-hybridized carbons (Fsp3) is 0.364. The van der Waals surface area contributed by atoms with Crippen molar-refractivity contribution in [1.29, 1.82) is 0 Å². The molecule has 0 aliphatic rings. The molecule has 2 aromatic rings. The lowest BCUT2D eigenvalue weighted by atomic mass is 10.2. The van der Waals surface area contributed by atoms with Crippen LogP contribution >= 0.6 is 22.9 Å². The predicted molar refractivity (Wildman–Crippen MR) is 72.3 cm³/mol. The van der Waals surface area contributed by atoms with Gasteiger partial charge in [0, 0.05) is 22.3 Å². The number of aromatic nitrogens is 2. The molecule has 0 bridgehead atoms. The molecule has 0 aromatic carbocycles. The van der Waals surface area contributed by atoms with Gasteiger partial charge in [-0.3, -0.25) is 0 Å². The number of anilines is 1. The molecule has 0 radical (unpaired) electrons. The SMILES string of the molecule is CC(C)c1nsc(NC(C(=O)O)c2cccs2)n1. The van der Waals surface area contributed by atoms with Crippen LogP contribution in [0.25, 0.3) is 0 Å². The Kier molecular flexibility index (Phi) is 3.93. The Labute approximate surface area is 113 Å². The van der Waals surface area contributed by atoms with E-state index in [4.69, 9.17) is 0 Å². The maximum absolute atomic E-state index is 11.2. The fourth-order valence-electron chi connectivity index (χ4n) is 1.36. The van der Waals surface area contributed by atoms with Crippen LogP contribution in [0.5, 0.6) is 0 Å². The molecule has 0 saturated heterocycles. The standard InChI is InChI=1S/C11H13N3O2S2/c1-6(2)9-13-11(18-14-9)12-8(10(15)16)7-4-3-5-17-7/h3-6,8H,1-2H3,(H,15,16)(H,12,13,14). The number of carboxylic acids is 1. The van der Waals surface area contributed by atoms with Gasteiger partial charge in [-0.2, -0.15) is 4.37 Å². The van der Waals surface area contributed by atoms with Gasteiger partial charge >= 0.3 is 5.97 Å². The van der Waals surface area contributed by atoms with Gasteiger partial charge in [0.25, 0.3) is 0 Å². The van der Waals surface area contributed by atoms with Gasteiger partial charge in [-0.25, -0.2) is 9.78 Å². The highest BCUT2D eigenvalue weighted by Crippen LogP contribution is 2.26. The topological polar surface area (TPSA) is 75.1 Å². The van der Waals surface area contributed by atoms with E-state index in [1.165, 1.54) is 22.9 Å². The Morgan fingerprint density at radius 2 is 2.28 bits per heavy atom. The predicted octanol–water partition coefficient (Wildman–Crippen LogP) is 2.96. The highest BCUT2D eigenvalue weighted by atomic mass is 32.1. The van der Waals surface area contributed by atoms with Crippen LogP contribution in [0.1, 0.15) is 36.5 Å². The summed E-state index contributed by atoms with van der Waals surface area (Å²) in [5.41, 5.74) is 0. The van der Waals surface area contributed by atoms with Crippen LogP contribution in [0.3, 0.4) is 0 Å². The summed E-state index contributed by atoms with van der Waals surface area (Å²) in [6.45, 7) is 4.00. The first kappa shape index (κ1) is 13.0. The average Bonchev–Trinajstić information content (AvgIpc) is 2.96. The lowest BCUT2D eigenvalue weighted by molar-refractivity contribution is -0.138. The van der Waals surface area contributed by atoms with Gasteiger partial charge in [0.05, 0.1) is 0 Å². The Balaban J connectivity index is 2.16. The molecule has 0 saturated carbocycles. The van der Waals surface area contributed by atoms with E-state index < -0.39 is 12.0 Å². The number of thiophene rings is 1. The molecular formula is C11H13N3O2S2. The molecule has 1 atom stereocenters. The number of hydrogen-bond acceptors (Lipinski definition) is 6. The molecule has 7 heteroatoms. The summed E-state index contributed by atoms with van der Waals surface area (Å²) in [4.78, 5) is 16.3. The minimum atomic E-state index is -0.918. The first-order chi connectivity index (χ1) is 8.58. The summed E-state index contributed by atoms with van der Waals surface area (Å²) in [6.07, 6.45) is 0. The second-order valence-electron chi connectivity index (χ2n) is 4.04. The monoisotopic (exact) mass is 283 g/mol. The van der Waals surface area contributed by atoms with E-state index in [2.05, 4.69) is 14.7 Å². The molecule has 0 aliphatic heterocycles. The van der Waals surface area contributed by atoms with Crippen LogP contribution in [0.4, 0.5) is 5.13 Å². The zero-order valence-corrected chi connectivity index (χ0v) is 11.6. The third kappa shape index (κ3) is 2.85. The number of nitrogens with one attached hydrogen (secondary N) is 1. The molecule has 0 aliphatic carbocycles. The van der Waals surface area contributed by atoms with Gasteiger partial charge in [0.2, 0.25) is 5.13 Å². The molecule has 2 aromatic heterocycles. The highest BCUT2D eigenvalue weighted by Gasteiger charge is 2.22. The Bertz CT molecular complexity index is 522. The van der Waals surface area contributed by atoms with Crippen molar-refractivity contribution in [2.45, 2.75) is 25.8 Å². The van der Waals surface area contributed by atoms with E-state index in [9.17, 15) is 9.90 Å². The van der Waals surface area contributed by atoms with Crippen molar-refractivity contribution in [3.05, 3.63) is 28.2 Å². The van der Waals surface area contributed by atoms with Crippen molar-refractivity contribution in [3.8, 4) is 0 Å². The lowest BCUT2D eigenvalue weighted by Gasteiger charge is -2.10. The van der Waals surface area contributed by atoms with Crippen LogP contribution in [0.2, 0.25) is 0 Å². The normalized spacial score (nSPS) is 12.6. The van der Waals surface area contributed by atoms with E-state index >= 15 is 0 Å². The van der Waals surface area contributed by atoms with E-state index in [-0.39, 0.29) is 5.92 Å². The van der Waals surface area contributed by atoms with E-state index in [1.807, 2.05) is 25.3 Å². The minimum absolute atomic E-state index is 0.238. The molecule has 0 spiro atoms. The summed E-state index contributed by atoms with van der Waals surface area (Å²) < 4.78 is 4.19. The summed E-state index contributed by atoms with van der Waals surface area (Å²) in [6, 6.07) is 2.86. The molecule has 2 rings (SSSR count). The molecule has 2 N–H and O–H groups in total. The molecule has 5 nitrogen and oxygen atoms in total. The first-order valence-electron chi connectivity index (χ1n) is 5.44. The van der Waals surface area contributed by atoms with E-state index in [0.717, 1.165) is 10.7 Å². The van der Waals surface area contributed by atoms with Crippen LogP contribution < -0.4 is 5.32 Å². The van der Waals surface area contributed by atoms with Crippen LogP contribution in [0, 0.1) is 0 Å². The fourth-order valence-corrected chi connectivity index (χ4v) is 2.87. The van der Waals surface area contributed by atoms with Crippen molar-refractivity contribution in [3.63, 3.8) is 0 Å². The average molecular weight is 283 g/mol. The third-order valence-corrected chi connectivity index (χ3v) is 3.90. The molecular weight excluding hydrogens is 270 g/mol. The number of aliphatic carboxylic acids is 1. The summed E-state index contributed by atoms with van der Waals surface area (Å²) in [7, 11) is 0. The van der Waals surface area contributed by atoms with E-state index in [1.54, 1.807) is 6.07 Å². The molecule has 96 valence electrons. The van der Waals surface area contributed by atoms with Crippen LogP contribution in [0.15, 0.2) is 17.5 Å². The second kappa shape index (κ2) is 5.45. The molecule has 18 heavy (non-hydrogen) atoms. The smallest absolute Gasteiger partial charge is 0.331 e. The summed E-state index contributed by atoms with van der Waals surface area (Å²) >= 11 is 2.59. The Hall–Kier alpha value is -1.47. The Morgan fingerprint density at radius 1 is 1.50 bits per heavy atom. The molecule has 0 amide bonds. The zero-order valence-electron chi connectivity index (χ0n) is 9.95. The van der Waals surface area contributed by atoms with Crippen LogP contribution in [-0.2, 0) is 4.79 Å². The van der Waals surface area contributed by atoms with Gasteiger partial charge in [0.1, 0.15) is 5.82 Å². The molecule has 1 unspecified atom stereocenters. The van der Waals surface area contributed by atoms with Crippen molar-refractivity contribution in [2.75, 3.05) is 5.32 Å². The number of carboxylic acid groups (broad SMARTS) is 1. The van der Waals surface area contributed by atoms with Gasteiger partial charge < -0.3 is 10.4 Å². The van der Waals surface area contributed by atoms with E-state index in [0.29, 0.717) is 5.13 Å². The van der Waals surface area contributed by atoms with Gasteiger partial charge in [-0.1, -0.05) is 19.9 Å². The molecule has 2 heterocycles.